The van der Waals surface area contributed by atoms with Crippen LogP contribution in [0, 0.1) is 0 Å². The lowest BCUT2D eigenvalue weighted by Crippen LogP contribution is -2.14. The molecule has 0 bridgehead atoms. The van der Waals surface area contributed by atoms with Crippen molar-refractivity contribution in [3.63, 3.8) is 0 Å². The van der Waals surface area contributed by atoms with Crippen molar-refractivity contribution in [3.05, 3.63) is 62.0 Å². The van der Waals surface area contributed by atoms with Crippen molar-refractivity contribution in [2.75, 3.05) is 5.32 Å². The summed E-state index contributed by atoms with van der Waals surface area (Å²) in [6.45, 7) is 0. The van der Waals surface area contributed by atoms with E-state index in [1.54, 1.807) is 24.3 Å². The fourth-order valence-electron chi connectivity index (χ4n) is 1.63. The van der Waals surface area contributed by atoms with Gasteiger partial charge in [0.15, 0.2) is 0 Å². The monoisotopic (exact) mass is 386 g/mol. The maximum atomic E-state index is 12.1. The van der Waals surface area contributed by atoms with Crippen molar-refractivity contribution >= 4 is 56.6 Å². The smallest absolute Gasteiger partial charge is 0.255 e. The standard InChI is InChI=1S/C14H9BrCl2N2O2/c15-10-5-7(1-4-11(10)16)14(21)19-8-2-3-9(13(18)20)12(17)6-8/h1-6H,(H2,18,20)(H,19,21). The van der Waals surface area contributed by atoms with E-state index in [-0.39, 0.29) is 16.5 Å². The first-order chi connectivity index (χ1) is 9.88. The Balaban J connectivity index is 2.21. The molecule has 0 saturated heterocycles. The van der Waals surface area contributed by atoms with E-state index >= 15 is 0 Å². The zero-order valence-electron chi connectivity index (χ0n) is 10.5. The number of primary amides is 1. The molecule has 0 atom stereocenters. The number of rotatable bonds is 3. The van der Waals surface area contributed by atoms with Gasteiger partial charge < -0.3 is 11.1 Å². The van der Waals surface area contributed by atoms with E-state index < -0.39 is 5.91 Å². The number of hydrogen-bond donors (Lipinski definition) is 2. The molecular formula is C14H9BrCl2N2O2. The Bertz CT molecular complexity index is 735. The molecule has 0 aliphatic heterocycles. The van der Waals surface area contributed by atoms with Gasteiger partial charge in [0.25, 0.3) is 5.91 Å². The molecule has 2 amide bonds. The molecule has 0 heterocycles. The van der Waals surface area contributed by atoms with Crippen LogP contribution in [0.25, 0.3) is 0 Å². The Labute approximate surface area is 139 Å². The van der Waals surface area contributed by atoms with E-state index in [4.69, 9.17) is 28.9 Å². The summed E-state index contributed by atoms with van der Waals surface area (Å²) in [4.78, 5) is 23.2. The molecule has 0 aromatic heterocycles. The van der Waals surface area contributed by atoms with Crippen LogP contribution in [-0.2, 0) is 0 Å². The van der Waals surface area contributed by atoms with Crippen LogP contribution in [0.15, 0.2) is 40.9 Å². The first kappa shape index (κ1) is 15.8. The van der Waals surface area contributed by atoms with Crippen molar-refractivity contribution in [2.45, 2.75) is 0 Å². The maximum Gasteiger partial charge on any atom is 0.255 e. The van der Waals surface area contributed by atoms with Crippen LogP contribution in [0.4, 0.5) is 5.69 Å². The summed E-state index contributed by atoms with van der Waals surface area (Å²) in [5.74, 6) is -0.949. The molecule has 0 fully saturated rings. The minimum Gasteiger partial charge on any atom is -0.366 e. The van der Waals surface area contributed by atoms with E-state index in [1.165, 1.54) is 12.1 Å². The summed E-state index contributed by atoms with van der Waals surface area (Å²) in [6.07, 6.45) is 0. The third-order valence-electron chi connectivity index (χ3n) is 2.67. The summed E-state index contributed by atoms with van der Waals surface area (Å²) < 4.78 is 0.624. The zero-order chi connectivity index (χ0) is 15.6. The van der Waals surface area contributed by atoms with Gasteiger partial charge in [-0.15, -0.1) is 0 Å². The quantitative estimate of drug-likeness (QED) is 0.831. The van der Waals surface area contributed by atoms with E-state index in [1.807, 2.05) is 0 Å². The fourth-order valence-corrected chi connectivity index (χ4v) is 2.40. The number of halogens is 3. The lowest BCUT2D eigenvalue weighted by atomic mass is 10.1. The fraction of sp³-hybridized carbons (Fsp3) is 0. The second kappa shape index (κ2) is 6.47. The van der Waals surface area contributed by atoms with Crippen LogP contribution >= 0.6 is 39.1 Å². The molecule has 3 N–H and O–H groups in total. The molecule has 0 aliphatic carbocycles. The third-order valence-corrected chi connectivity index (χ3v) is 4.20. The summed E-state index contributed by atoms with van der Waals surface area (Å²) in [5, 5.41) is 3.37. The molecule has 7 heteroatoms. The lowest BCUT2D eigenvalue weighted by Gasteiger charge is -2.08. The van der Waals surface area contributed by atoms with Crippen LogP contribution in [0.5, 0.6) is 0 Å². The number of carbonyl (C=O) groups is 2. The van der Waals surface area contributed by atoms with E-state index in [9.17, 15) is 9.59 Å². The van der Waals surface area contributed by atoms with Crippen LogP contribution in [0.2, 0.25) is 10.0 Å². The van der Waals surface area contributed by atoms with Gasteiger partial charge in [-0.25, -0.2) is 0 Å². The third kappa shape index (κ3) is 3.75. The second-order valence-corrected chi connectivity index (χ2v) is 5.81. The van der Waals surface area contributed by atoms with Crippen molar-refractivity contribution in [3.8, 4) is 0 Å². The number of amides is 2. The Morgan fingerprint density at radius 2 is 1.76 bits per heavy atom. The number of nitrogens with two attached hydrogens (primary N) is 1. The Morgan fingerprint density at radius 1 is 1.05 bits per heavy atom. The first-order valence-corrected chi connectivity index (χ1v) is 7.29. The molecule has 21 heavy (non-hydrogen) atoms. The molecule has 2 aromatic rings. The Kier molecular flexibility index (Phi) is 4.88. The SMILES string of the molecule is NC(=O)c1ccc(NC(=O)c2ccc(Cl)c(Br)c2)cc1Cl. The number of nitrogens with one attached hydrogen (secondary N) is 1. The molecule has 2 rings (SSSR count). The van der Waals surface area contributed by atoms with Gasteiger partial charge >= 0.3 is 0 Å². The topological polar surface area (TPSA) is 72.2 Å². The molecule has 0 unspecified atom stereocenters. The van der Waals surface area contributed by atoms with Gasteiger partial charge in [-0.2, -0.15) is 0 Å². The molecule has 0 radical (unpaired) electrons. The van der Waals surface area contributed by atoms with E-state index in [0.29, 0.717) is 20.7 Å². The highest BCUT2D eigenvalue weighted by molar-refractivity contribution is 9.10. The average Bonchev–Trinajstić information content (AvgIpc) is 2.41. The van der Waals surface area contributed by atoms with E-state index in [2.05, 4.69) is 21.2 Å². The number of benzene rings is 2. The highest BCUT2D eigenvalue weighted by atomic mass is 79.9. The van der Waals surface area contributed by atoms with E-state index in [0.717, 1.165) is 0 Å². The van der Waals surface area contributed by atoms with Crippen LogP contribution in [0.1, 0.15) is 20.7 Å². The second-order valence-electron chi connectivity index (χ2n) is 4.14. The summed E-state index contributed by atoms with van der Waals surface area (Å²) in [6, 6.07) is 9.29. The van der Waals surface area contributed by atoms with Gasteiger partial charge in [0.05, 0.1) is 15.6 Å². The molecule has 4 nitrogen and oxygen atoms in total. The van der Waals surface area contributed by atoms with Crippen LogP contribution in [-0.4, -0.2) is 11.8 Å². The number of anilines is 1. The Morgan fingerprint density at radius 3 is 2.33 bits per heavy atom. The average molecular weight is 388 g/mol. The minimum absolute atomic E-state index is 0.178. The maximum absolute atomic E-state index is 12.1. The summed E-state index contributed by atoms with van der Waals surface area (Å²) in [7, 11) is 0. The van der Waals surface area contributed by atoms with Gasteiger partial charge in [-0.1, -0.05) is 23.2 Å². The number of hydrogen-bond acceptors (Lipinski definition) is 2. The van der Waals surface area contributed by atoms with Gasteiger partial charge in [0, 0.05) is 15.7 Å². The highest BCUT2D eigenvalue weighted by Gasteiger charge is 2.11. The lowest BCUT2D eigenvalue weighted by molar-refractivity contribution is 0.0998. The first-order valence-electron chi connectivity index (χ1n) is 5.74. The largest absolute Gasteiger partial charge is 0.366 e. The number of carbonyl (C=O) groups excluding carboxylic acids is 2. The molecule has 2 aromatic carbocycles. The summed E-state index contributed by atoms with van der Waals surface area (Å²) in [5.41, 5.74) is 6.25. The molecule has 108 valence electrons. The van der Waals surface area contributed by atoms with Gasteiger partial charge in [0.1, 0.15) is 0 Å². The Hall–Kier alpha value is -1.56. The minimum atomic E-state index is -0.625. The molecule has 0 spiro atoms. The molecule has 0 aliphatic rings. The predicted molar refractivity (Wildman–Crippen MR) is 87.1 cm³/mol. The van der Waals surface area contributed by atoms with Crippen molar-refractivity contribution < 1.29 is 9.59 Å². The highest BCUT2D eigenvalue weighted by Crippen LogP contribution is 2.24. The van der Waals surface area contributed by atoms with Crippen molar-refractivity contribution in [1.29, 1.82) is 0 Å². The molecular weight excluding hydrogens is 379 g/mol. The van der Waals surface area contributed by atoms with Crippen LogP contribution in [0.3, 0.4) is 0 Å². The predicted octanol–water partition coefficient (Wildman–Crippen LogP) is 4.11. The van der Waals surface area contributed by atoms with Crippen molar-refractivity contribution in [1.82, 2.24) is 0 Å². The normalized spacial score (nSPS) is 10.2. The van der Waals surface area contributed by atoms with Gasteiger partial charge in [0.2, 0.25) is 5.91 Å². The molecule has 0 saturated carbocycles. The van der Waals surface area contributed by atoms with Crippen LogP contribution < -0.4 is 11.1 Å². The van der Waals surface area contributed by atoms with Gasteiger partial charge in [-0.3, -0.25) is 9.59 Å². The zero-order valence-corrected chi connectivity index (χ0v) is 13.6. The van der Waals surface area contributed by atoms with Gasteiger partial charge in [-0.05, 0) is 52.3 Å². The van der Waals surface area contributed by atoms with Crippen molar-refractivity contribution in [2.24, 2.45) is 5.73 Å². The summed E-state index contributed by atoms with van der Waals surface area (Å²) >= 11 is 15.0.